The zero-order valence-electron chi connectivity index (χ0n) is 13.0. The van der Waals surface area contributed by atoms with E-state index < -0.39 is 5.97 Å². The molecule has 0 saturated heterocycles. The summed E-state index contributed by atoms with van der Waals surface area (Å²) in [6.45, 7) is 6.62. The van der Waals surface area contributed by atoms with E-state index in [2.05, 4.69) is 31.0 Å². The van der Waals surface area contributed by atoms with E-state index in [9.17, 15) is 4.79 Å². The van der Waals surface area contributed by atoms with Gasteiger partial charge < -0.3 is 14.3 Å². The molecule has 0 fully saturated rings. The molecule has 2 rings (SSSR count). The number of aromatic nitrogens is 2. The highest BCUT2D eigenvalue weighted by Gasteiger charge is 2.13. The number of aryl methyl sites for hydroxylation is 1. The van der Waals surface area contributed by atoms with Gasteiger partial charge in [-0.15, -0.1) is 10.2 Å². The lowest BCUT2D eigenvalue weighted by Crippen LogP contribution is -2.10. The minimum atomic E-state index is -0.894. The van der Waals surface area contributed by atoms with Crippen molar-refractivity contribution >= 4 is 5.97 Å². The van der Waals surface area contributed by atoms with E-state index in [0.717, 1.165) is 5.75 Å². The van der Waals surface area contributed by atoms with E-state index in [1.54, 1.807) is 0 Å². The predicted octanol–water partition coefficient (Wildman–Crippen LogP) is 2.96. The smallest absolute Gasteiger partial charge is 0.303 e. The highest BCUT2D eigenvalue weighted by molar-refractivity contribution is 5.66. The summed E-state index contributed by atoms with van der Waals surface area (Å²) in [4.78, 5) is 10.5. The molecule has 118 valence electrons. The Balaban J connectivity index is 1.89. The number of rotatable bonds is 6. The van der Waals surface area contributed by atoms with Crippen LogP contribution in [0.4, 0.5) is 0 Å². The van der Waals surface area contributed by atoms with Gasteiger partial charge in [-0.1, -0.05) is 32.9 Å². The molecule has 2 aromatic rings. The highest BCUT2D eigenvalue weighted by Crippen LogP contribution is 2.24. The number of hydrogen-bond donors (Lipinski definition) is 1. The van der Waals surface area contributed by atoms with E-state index in [-0.39, 0.29) is 24.9 Å². The van der Waals surface area contributed by atoms with Crippen molar-refractivity contribution < 1.29 is 19.1 Å². The first kappa shape index (κ1) is 16.0. The summed E-state index contributed by atoms with van der Waals surface area (Å²) >= 11 is 0. The SMILES string of the molecule is CC(C)(C)c1ccc(OCc2nnc(CCC(=O)O)o2)cc1. The molecule has 0 aliphatic heterocycles. The number of benzene rings is 1. The molecule has 0 saturated carbocycles. The van der Waals surface area contributed by atoms with Gasteiger partial charge in [-0.2, -0.15) is 0 Å². The van der Waals surface area contributed by atoms with Crippen LogP contribution in [0.1, 0.15) is 44.5 Å². The predicted molar refractivity (Wildman–Crippen MR) is 79.7 cm³/mol. The molecule has 0 aliphatic carbocycles. The van der Waals surface area contributed by atoms with Crippen molar-refractivity contribution in [1.82, 2.24) is 10.2 Å². The summed E-state index contributed by atoms with van der Waals surface area (Å²) in [6.07, 6.45) is 0.194. The number of carboxylic acids is 1. The fourth-order valence-corrected chi connectivity index (χ4v) is 1.86. The quantitative estimate of drug-likeness (QED) is 0.883. The second-order valence-electron chi connectivity index (χ2n) is 6.05. The monoisotopic (exact) mass is 304 g/mol. The van der Waals surface area contributed by atoms with E-state index in [4.69, 9.17) is 14.3 Å². The lowest BCUT2D eigenvalue weighted by molar-refractivity contribution is -0.137. The molecular weight excluding hydrogens is 284 g/mol. The minimum Gasteiger partial charge on any atom is -0.484 e. The maximum absolute atomic E-state index is 10.5. The van der Waals surface area contributed by atoms with Crippen molar-refractivity contribution in [2.75, 3.05) is 0 Å². The Morgan fingerprint density at radius 3 is 2.41 bits per heavy atom. The Hall–Kier alpha value is -2.37. The summed E-state index contributed by atoms with van der Waals surface area (Å²) < 4.78 is 10.9. The molecule has 0 bridgehead atoms. The third-order valence-corrected chi connectivity index (χ3v) is 3.14. The molecule has 0 unspecified atom stereocenters. The molecule has 1 aromatic carbocycles. The maximum atomic E-state index is 10.5. The van der Waals surface area contributed by atoms with Crippen LogP contribution in [0.25, 0.3) is 0 Å². The largest absolute Gasteiger partial charge is 0.484 e. The van der Waals surface area contributed by atoms with Crippen LogP contribution in [0, 0.1) is 0 Å². The van der Waals surface area contributed by atoms with Crippen molar-refractivity contribution in [2.24, 2.45) is 0 Å². The molecular formula is C16H20N2O4. The Labute approximate surface area is 129 Å². The Kier molecular flexibility index (Phi) is 4.80. The van der Waals surface area contributed by atoms with Gasteiger partial charge in [0.1, 0.15) is 5.75 Å². The molecule has 0 radical (unpaired) electrons. The number of carbonyl (C=O) groups is 1. The molecule has 1 aromatic heterocycles. The van der Waals surface area contributed by atoms with Gasteiger partial charge in [0.15, 0.2) is 6.61 Å². The van der Waals surface area contributed by atoms with Crippen LogP contribution in [0.2, 0.25) is 0 Å². The fraction of sp³-hybridized carbons (Fsp3) is 0.438. The molecule has 1 N–H and O–H groups in total. The molecule has 0 amide bonds. The van der Waals surface area contributed by atoms with E-state index in [1.165, 1.54) is 5.56 Å². The summed E-state index contributed by atoms with van der Waals surface area (Å²) in [5.74, 6) is 0.470. The van der Waals surface area contributed by atoms with Gasteiger partial charge in [-0.3, -0.25) is 4.79 Å². The highest BCUT2D eigenvalue weighted by atomic mass is 16.5. The van der Waals surface area contributed by atoms with E-state index in [1.807, 2.05) is 24.3 Å². The van der Waals surface area contributed by atoms with Crippen molar-refractivity contribution in [2.45, 2.75) is 45.6 Å². The molecule has 6 nitrogen and oxygen atoms in total. The molecule has 0 atom stereocenters. The molecule has 22 heavy (non-hydrogen) atoms. The second-order valence-corrected chi connectivity index (χ2v) is 6.05. The van der Waals surface area contributed by atoms with Crippen LogP contribution < -0.4 is 4.74 Å². The zero-order valence-corrected chi connectivity index (χ0v) is 13.0. The van der Waals surface area contributed by atoms with Crippen LogP contribution in [0.15, 0.2) is 28.7 Å². The van der Waals surface area contributed by atoms with Gasteiger partial charge in [-0.05, 0) is 23.1 Å². The lowest BCUT2D eigenvalue weighted by atomic mass is 9.87. The van der Waals surface area contributed by atoms with E-state index in [0.29, 0.717) is 11.8 Å². The number of aliphatic carboxylic acids is 1. The summed E-state index contributed by atoms with van der Waals surface area (Å²) in [7, 11) is 0. The van der Waals surface area contributed by atoms with Crippen molar-refractivity contribution in [3.05, 3.63) is 41.6 Å². The maximum Gasteiger partial charge on any atom is 0.303 e. The number of hydrogen-bond acceptors (Lipinski definition) is 5. The van der Waals surface area contributed by atoms with Crippen LogP contribution in [-0.4, -0.2) is 21.3 Å². The molecule has 1 heterocycles. The van der Waals surface area contributed by atoms with Crippen LogP contribution >= 0.6 is 0 Å². The summed E-state index contributed by atoms with van der Waals surface area (Å²) in [5.41, 5.74) is 1.33. The Morgan fingerprint density at radius 2 is 1.82 bits per heavy atom. The second kappa shape index (κ2) is 6.60. The number of carboxylic acid groups (broad SMARTS) is 1. The standard InChI is InChI=1S/C16H20N2O4/c1-16(2,3)11-4-6-12(7-5-11)21-10-14-18-17-13(22-14)8-9-15(19)20/h4-7H,8-10H2,1-3H3,(H,19,20). The average molecular weight is 304 g/mol. The fourth-order valence-electron chi connectivity index (χ4n) is 1.86. The van der Waals surface area contributed by atoms with Gasteiger partial charge in [-0.25, -0.2) is 0 Å². The average Bonchev–Trinajstić information content (AvgIpc) is 2.90. The van der Waals surface area contributed by atoms with Crippen LogP contribution in [-0.2, 0) is 23.2 Å². The van der Waals surface area contributed by atoms with Crippen LogP contribution in [0.3, 0.4) is 0 Å². The zero-order chi connectivity index (χ0) is 16.2. The normalized spacial score (nSPS) is 11.4. The van der Waals surface area contributed by atoms with Crippen molar-refractivity contribution in [3.8, 4) is 5.75 Å². The molecule has 0 aliphatic rings. The van der Waals surface area contributed by atoms with Gasteiger partial charge in [0.05, 0.1) is 6.42 Å². The first-order valence-electron chi connectivity index (χ1n) is 7.11. The lowest BCUT2D eigenvalue weighted by Gasteiger charge is -2.19. The van der Waals surface area contributed by atoms with Crippen molar-refractivity contribution in [1.29, 1.82) is 0 Å². The van der Waals surface area contributed by atoms with Gasteiger partial charge in [0.2, 0.25) is 5.89 Å². The first-order chi connectivity index (χ1) is 10.3. The third kappa shape index (κ3) is 4.58. The van der Waals surface area contributed by atoms with Gasteiger partial charge >= 0.3 is 5.97 Å². The van der Waals surface area contributed by atoms with Crippen molar-refractivity contribution in [3.63, 3.8) is 0 Å². The Bertz CT molecular complexity index is 626. The van der Waals surface area contributed by atoms with Crippen LogP contribution in [0.5, 0.6) is 5.75 Å². The summed E-state index contributed by atoms with van der Waals surface area (Å²) in [6, 6.07) is 7.87. The van der Waals surface area contributed by atoms with Gasteiger partial charge in [0.25, 0.3) is 5.89 Å². The third-order valence-electron chi connectivity index (χ3n) is 3.14. The van der Waals surface area contributed by atoms with Gasteiger partial charge in [0, 0.05) is 6.42 Å². The van der Waals surface area contributed by atoms with E-state index >= 15 is 0 Å². The topological polar surface area (TPSA) is 85.5 Å². The summed E-state index contributed by atoms with van der Waals surface area (Å²) in [5, 5.41) is 16.2. The number of nitrogens with zero attached hydrogens (tertiary/aromatic N) is 2. The molecule has 6 heteroatoms. The number of ether oxygens (including phenoxy) is 1. The minimum absolute atomic E-state index is 0.0310. The Morgan fingerprint density at radius 1 is 1.18 bits per heavy atom. The molecule has 0 spiro atoms. The first-order valence-corrected chi connectivity index (χ1v) is 7.11.